The van der Waals surface area contributed by atoms with Crippen LogP contribution in [0.1, 0.15) is 31.2 Å². The highest BCUT2D eigenvalue weighted by Crippen LogP contribution is 2.30. The van der Waals surface area contributed by atoms with Gasteiger partial charge in [0.25, 0.3) is 0 Å². The molecule has 2 aromatic rings. The van der Waals surface area contributed by atoms with Gasteiger partial charge in [-0.15, -0.1) is 0 Å². The van der Waals surface area contributed by atoms with Gasteiger partial charge in [-0.3, -0.25) is 0 Å². The molecule has 5 nitrogen and oxygen atoms in total. The van der Waals surface area contributed by atoms with Crippen LogP contribution >= 0.6 is 0 Å². The summed E-state index contributed by atoms with van der Waals surface area (Å²) in [6.07, 6.45) is 3.17. The molecule has 0 spiro atoms. The van der Waals surface area contributed by atoms with Crippen molar-refractivity contribution in [2.75, 3.05) is 13.7 Å². The van der Waals surface area contributed by atoms with E-state index in [9.17, 15) is 5.11 Å². The molecule has 1 aromatic heterocycles. The fourth-order valence-corrected chi connectivity index (χ4v) is 2.57. The minimum absolute atomic E-state index is 0.0383. The predicted octanol–water partition coefficient (Wildman–Crippen LogP) is 2.59. The normalized spacial score (nSPS) is 19.9. The lowest BCUT2D eigenvalue weighted by Crippen LogP contribution is -2.19. The van der Waals surface area contributed by atoms with E-state index < -0.39 is 0 Å². The van der Waals surface area contributed by atoms with E-state index in [-0.39, 0.29) is 12.0 Å². The molecule has 0 aliphatic carbocycles. The Labute approximate surface area is 111 Å². The van der Waals surface area contributed by atoms with Gasteiger partial charge < -0.3 is 14.6 Å². The van der Waals surface area contributed by atoms with Gasteiger partial charge in [0.1, 0.15) is 5.75 Å². The zero-order valence-corrected chi connectivity index (χ0v) is 11.0. The van der Waals surface area contributed by atoms with E-state index in [0.717, 1.165) is 42.5 Å². The van der Waals surface area contributed by atoms with Crippen molar-refractivity contribution >= 4 is 10.9 Å². The van der Waals surface area contributed by atoms with Crippen LogP contribution in [0.15, 0.2) is 18.2 Å². The van der Waals surface area contributed by atoms with Crippen LogP contribution in [-0.4, -0.2) is 28.6 Å². The second-order valence-corrected chi connectivity index (χ2v) is 4.85. The summed E-state index contributed by atoms with van der Waals surface area (Å²) in [6.45, 7) is 1.23. The van der Waals surface area contributed by atoms with Gasteiger partial charge in [-0.1, -0.05) is 0 Å². The fourth-order valence-electron chi connectivity index (χ4n) is 2.57. The summed E-state index contributed by atoms with van der Waals surface area (Å²) in [4.78, 5) is 0. The number of methoxy groups -OCH3 is 1. The lowest BCUT2D eigenvalue weighted by atomic mass is 10.1. The molecule has 0 radical (unpaired) electrons. The molecule has 102 valence electrons. The van der Waals surface area contributed by atoms with Crippen molar-refractivity contribution in [1.82, 2.24) is 9.78 Å². The maximum absolute atomic E-state index is 9.68. The smallest absolute Gasteiger partial charge is 0.150 e. The minimum atomic E-state index is -0.0383. The summed E-state index contributed by atoms with van der Waals surface area (Å²) in [7, 11) is 1.66. The molecule has 1 fully saturated rings. The molecule has 1 aliphatic heterocycles. The Kier molecular flexibility index (Phi) is 3.40. The van der Waals surface area contributed by atoms with Crippen LogP contribution < -0.4 is 0 Å². The van der Waals surface area contributed by atoms with Crippen molar-refractivity contribution in [3.05, 3.63) is 23.9 Å². The highest BCUT2D eigenvalue weighted by molar-refractivity contribution is 5.83. The third-order valence-electron chi connectivity index (χ3n) is 3.48. The molecular weight excluding hydrogens is 244 g/mol. The molecule has 1 aromatic carbocycles. The second-order valence-electron chi connectivity index (χ2n) is 4.85. The third kappa shape index (κ3) is 2.31. The molecule has 5 heteroatoms. The number of hydrogen-bond donors (Lipinski definition) is 1. The molecular formula is C14H18N2O3. The van der Waals surface area contributed by atoms with Crippen LogP contribution in [0.4, 0.5) is 0 Å². The van der Waals surface area contributed by atoms with Crippen molar-refractivity contribution in [3.8, 4) is 5.75 Å². The van der Waals surface area contributed by atoms with Crippen molar-refractivity contribution in [2.24, 2.45) is 0 Å². The average molecular weight is 262 g/mol. The third-order valence-corrected chi connectivity index (χ3v) is 3.48. The van der Waals surface area contributed by atoms with Gasteiger partial charge >= 0.3 is 0 Å². The summed E-state index contributed by atoms with van der Waals surface area (Å²) in [5, 5.41) is 15.3. The average Bonchev–Trinajstić information content (AvgIpc) is 2.78. The standard InChI is InChI=1S/C14H18N2O3/c1-18-9-12-11-6-5-10(17)8-13(11)16(15-12)14-4-2-3-7-19-14/h5-6,8,14,17H,2-4,7,9H2,1H3. The van der Waals surface area contributed by atoms with Gasteiger partial charge in [0.2, 0.25) is 0 Å². The molecule has 0 saturated carbocycles. The van der Waals surface area contributed by atoms with Crippen LogP contribution in [-0.2, 0) is 16.1 Å². The van der Waals surface area contributed by atoms with E-state index in [1.807, 2.05) is 10.7 Å². The van der Waals surface area contributed by atoms with Crippen LogP contribution in [0.5, 0.6) is 5.75 Å². The van der Waals surface area contributed by atoms with Gasteiger partial charge in [-0.25, -0.2) is 4.68 Å². The zero-order valence-electron chi connectivity index (χ0n) is 11.0. The van der Waals surface area contributed by atoms with Crippen LogP contribution in [0.25, 0.3) is 10.9 Å². The minimum Gasteiger partial charge on any atom is -0.508 e. The first-order valence-electron chi connectivity index (χ1n) is 6.60. The Bertz CT molecular complexity index is 573. The topological polar surface area (TPSA) is 56.5 Å². The first kappa shape index (κ1) is 12.4. The maximum atomic E-state index is 9.68. The van der Waals surface area contributed by atoms with Crippen molar-refractivity contribution in [1.29, 1.82) is 0 Å². The molecule has 1 aliphatic rings. The molecule has 19 heavy (non-hydrogen) atoms. The number of ether oxygens (including phenoxy) is 2. The summed E-state index contributed by atoms with van der Waals surface area (Å²) < 4.78 is 12.8. The summed E-state index contributed by atoms with van der Waals surface area (Å²) in [6, 6.07) is 5.29. The summed E-state index contributed by atoms with van der Waals surface area (Å²) in [5.41, 5.74) is 1.78. The Morgan fingerprint density at radius 2 is 2.37 bits per heavy atom. The van der Waals surface area contributed by atoms with Gasteiger partial charge in [-0.05, 0) is 31.4 Å². The fraction of sp³-hybridized carbons (Fsp3) is 0.500. The van der Waals surface area contributed by atoms with Crippen molar-refractivity contribution in [2.45, 2.75) is 32.1 Å². The number of nitrogens with zero attached hydrogens (tertiary/aromatic N) is 2. The molecule has 0 amide bonds. The molecule has 1 saturated heterocycles. The highest BCUT2D eigenvalue weighted by atomic mass is 16.5. The van der Waals surface area contributed by atoms with E-state index in [1.165, 1.54) is 0 Å². The molecule has 1 unspecified atom stereocenters. The lowest BCUT2D eigenvalue weighted by molar-refractivity contribution is -0.0371. The Balaban J connectivity index is 2.08. The number of aromatic hydroxyl groups is 1. The predicted molar refractivity (Wildman–Crippen MR) is 71.0 cm³/mol. The summed E-state index contributed by atoms with van der Waals surface area (Å²) >= 11 is 0. The number of benzene rings is 1. The lowest BCUT2D eigenvalue weighted by Gasteiger charge is -2.23. The van der Waals surface area contributed by atoms with Crippen molar-refractivity contribution in [3.63, 3.8) is 0 Å². The molecule has 2 heterocycles. The first-order chi connectivity index (χ1) is 9.29. The largest absolute Gasteiger partial charge is 0.508 e. The maximum Gasteiger partial charge on any atom is 0.150 e. The van der Waals surface area contributed by atoms with E-state index >= 15 is 0 Å². The van der Waals surface area contributed by atoms with E-state index in [4.69, 9.17) is 9.47 Å². The van der Waals surface area contributed by atoms with E-state index in [2.05, 4.69) is 5.10 Å². The first-order valence-corrected chi connectivity index (χ1v) is 6.60. The molecule has 3 rings (SSSR count). The number of phenols is 1. The van der Waals surface area contributed by atoms with Gasteiger partial charge in [0.05, 0.1) is 17.8 Å². The van der Waals surface area contributed by atoms with E-state index in [1.54, 1.807) is 19.2 Å². The number of rotatable bonds is 3. The second kappa shape index (κ2) is 5.19. The molecule has 1 N–H and O–H groups in total. The molecule has 0 bridgehead atoms. The van der Waals surface area contributed by atoms with Crippen LogP contribution in [0, 0.1) is 0 Å². The number of aromatic nitrogens is 2. The SMILES string of the molecule is COCc1nn(C2CCCCO2)c2cc(O)ccc12. The van der Waals surface area contributed by atoms with Crippen molar-refractivity contribution < 1.29 is 14.6 Å². The zero-order chi connectivity index (χ0) is 13.2. The number of hydrogen-bond acceptors (Lipinski definition) is 4. The van der Waals surface area contributed by atoms with Gasteiger partial charge in [0.15, 0.2) is 6.23 Å². The highest BCUT2D eigenvalue weighted by Gasteiger charge is 2.21. The monoisotopic (exact) mass is 262 g/mol. The van der Waals surface area contributed by atoms with E-state index in [0.29, 0.717) is 6.61 Å². The Morgan fingerprint density at radius 1 is 1.47 bits per heavy atom. The van der Waals surface area contributed by atoms with Crippen LogP contribution in [0.2, 0.25) is 0 Å². The Hall–Kier alpha value is -1.59. The van der Waals surface area contributed by atoms with Crippen LogP contribution in [0.3, 0.4) is 0 Å². The summed E-state index contributed by atoms with van der Waals surface area (Å²) in [5.74, 6) is 0.244. The number of fused-ring (bicyclic) bond motifs is 1. The van der Waals surface area contributed by atoms with Gasteiger partial charge in [0, 0.05) is 25.2 Å². The quantitative estimate of drug-likeness (QED) is 0.923. The molecule has 1 atom stereocenters. The Morgan fingerprint density at radius 3 is 3.11 bits per heavy atom. The number of phenolic OH excluding ortho intramolecular Hbond substituents is 1. The van der Waals surface area contributed by atoms with Gasteiger partial charge in [-0.2, -0.15) is 5.10 Å².